The van der Waals surface area contributed by atoms with Gasteiger partial charge in [0, 0.05) is 37.2 Å². The molecule has 0 aliphatic carbocycles. The lowest BCUT2D eigenvalue weighted by Gasteiger charge is -2.35. The van der Waals surface area contributed by atoms with Gasteiger partial charge in [0.15, 0.2) is 0 Å². The molecule has 0 fully saturated rings. The molecule has 0 bridgehead atoms. The Morgan fingerprint density at radius 3 is 2.49 bits per heavy atom. The van der Waals surface area contributed by atoms with Gasteiger partial charge in [-0.05, 0) is 54.5 Å². The Bertz CT molecular complexity index is 1500. The highest BCUT2D eigenvalue weighted by Gasteiger charge is 2.30. The molecule has 13 heteroatoms. The summed E-state index contributed by atoms with van der Waals surface area (Å²) in [5, 5.41) is 22.1. The smallest absolute Gasteiger partial charge is 0.352 e. The van der Waals surface area contributed by atoms with E-state index in [0.717, 1.165) is 0 Å². The molecule has 0 aromatic heterocycles. The van der Waals surface area contributed by atoms with E-state index in [-0.39, 0.29) is 53.0 Å². The van der Waals surface area contributed by atoms with Gasteiger partial charge in [-0.2, -0.15) is 0 Å². The van der Waals surface area contributed by atoms with E-state index >= 15 is 0 Å². The summed E-state index contributed by atoms with van der Waals surface area (Å²) in [5.74, 6) is -2.04. The third kappa shape index (κ3) is 8.32. The summed E-state index contributed by atoms with van der Waals surface area (Å²) in [7, 11) is -2.80. The molecular formula is C28H32ClN3O8S. The zero-order valence-corrected chi connectivity index (χ0v) is 24.4. The number of hydrogen-bond acceptors (Lipinski definition) is 8. The van der Waals surface area contributed by atoms with Crippen molar-refractivity contribution in [1.82, 2.24) is 14.9 Å². The second kappa shape index (κ2) is 13.2. The number of sulfonamides is 1. The van der Waals surface area contributed by atoms with Crippen LogP contribution in [0.25, 0.3) is 0 Å². The van der Waals surface area contributed by atoms with E-state index < -0.39 is 33.2 Å². The fourth-order valence-corrected chi connectivity index (χ4v) is 5.29. The molecule has 0 atom stereocenters. The summed E-state index contributed by atoms with van der Waals surface area (Å²) < 4.78 is 33.2. The summed E-state index contributed by atoms with van der Waals surface area (Å²) in [6, 6.07) is 10.6. The first kappa shape index (κ1) is 31.7. The van der Waals surface area contributed by atoms with Crippen LogP contribution in [0, 0.1) is 5.41 Å². The van der Waals surface area contributed by atoms with Crippen molar-refractivity contribution < 1.29 is 37.8 Å². The first-order valence-corrected chi connectivity index (χ1v) is 14.4. The van der Waals surface area contributed by atoms with Crippen LogP contribution in [0.2, 0.25) is 5.02 Å². The van der Waals surface area contributed by atoms with E-state index in [2.05, 4.69) is 5.32 Å². The summed E-state index contributed by atoms with van der Waals surface area (Å²) in [6.45, 7) is 3.42. The van der Waals surface area contributed by atoms with Crippen LogP contribution in [0.15, 0.2) is 70.8 Å². The van der Waals surface area contributed by atoms with Crippen molar-refractivity contribution in [2.45, 2.75) is 25.2 Å². The van der Waals surface area contributed by atoms with Gasteiger partial charge < -0.3 is 25.2 Å². The molecular weight excluding hydrogens is 574 g/mol. The maximum atomic E-state index is 13.0. The molecule has 41 heavy (non-hydrogen) atoms. The van der Waals surface area contributed by atoms with Crippen molar-refractivity contribution >= 4 is 39.4 Å². The molecule has 2 aromatic carbocycles. The van der Waals surface area contributed by atoms with Gasteiger partial charge in [-0.15, -0.1) is 0 Å². The number of methoxy groups -OCH3 is 1. The molecule has 2 amide bonds. The summed E-state index contributed by atoms with van der Waals surface area (Å²) in [6.07, 6.45) is 2.80. The summed E-state index contributed by atoms with van der Waals surface area (Å²) in [4.78, 5) is 38.4. The van der Waals surface area contributed by atoms with Gasteiger partial charge >= 0.3 is 5.97 Å². The number of rotatable bonds is 12. The highest BCUT2D eigenvalue weighted by atomic mass is 35.5. The molecule has 1 aliphatic heterocycles. The van der Waals surface area contributed by atoms with E-state index in [1.54, 1.807) is 32.0 Å². The number of carbonyl (C=O) groups is 3. The third-order valence-corrected chi connectivity index (χ3v) is 7.91. The Labute approximate surface area is 243 Å². The van der Waals surface area contributed by atoms with Crippen LogP contribution in [-0.2, 0) is 26.0 Å². The largest absolute Gasteiger partial charge is 0.497 e. The van der Waals surface area contributed by atoms with Crippen molar-refractivity contribution in [2.24, 2.45) is 5.41 Å². The average Bonchev–Trinajstić information content (AvgIpc) is 2.92. The van der Waals surface area contributed by atoms with Crippen molar-refractivity contribution in [3.63, 3.8) is 0 Å². The zero-order valence-electron chi connectivity index (χ0n) is 22.8. The Hall–Kier alpha value is -3.87. The summed E-state index contributed by atoms with van der Waals surface area (Å²) in [5.41, 5.74) is 0.146. The van der Waals surface area contributed by atoms with Crippen LogP contribution in [-0.4, -0.2) is 74.7 Å². The maximum absolute atomic E-state index is 13.0. The second-order valence-corrected chi connectivity index (χ2v) is 12.3. The van der Waals surface area contributed by atoms with Gasteiger partial charge in [0.05, 0.1) is 22.6 Å². The predicted octanol–water partition coefficient (Wildman–Crippen LogP) is 2.36. The molecule has 2 aromatic rings. The van der Waals surface area contributed by atoms with Crippen molar-refractivity contribution in [2.75, 3.05) is 33.4 Å². The maximum Gasteiger partial charge on any atom is 0.352 e. The fourth-order valence-electron chi connectivity index (χ4n) is 4.03. The number of amides is 2. The topological polar surface area (TPSA) is 162 Å². The van der Waals surface area contributed by atoms with Crippen molar-refractivity contribution in [1.29, 1.82) is 0 Å². The molecule has 0 saturated heterocycles. The minimum absolute atomic E-state index is 0.0439. The first-order valence-electron chi connectivity index (χ1n) is 12.5. The normalized spacial score (nSPS) is 13.6. The number of carbonyl (C=O) groups excluding carboxylic acids is 2. The number of carboxylic acid groups (broad SMARTS) is 1. The lowest BCUT2D eigenvalue weighted by molar-refractivity contribution is -0.134. The highest BCUT2D eigenvalue weighted by molar-refractivity contribution is 7.90. The number of nitrogens with zero attached hydrogens (tertiary/aromatic N) is 1. The number of aliphatic hydroxyl groups is 1. The molecule has 4 N–H and O–H groups in total. The Morgan fingerprint density at radius 2 is 1.83 bits per heavy atom. The second-order valence-electron chi connectivity index (χ2n) is 10.2. The molecule has 220 valence electrons. The van der Waals surface area contributed by atoms with Gasteiger partial charge in [-0.25, -0.2) is 17.9 Å². The first-order chi connectivity index (χ1) is 19.3. The van der Waals surface area contributed by atoms with Crippen LogP contribution in [0.3, 0.4) is 0 Å². The third-order valence-electron chi connectivity index (χ3n) is 6.26. The molecule has 0 saturated carbocycles. The molecule has 0 spiro atoms. The zero-order chi connectivity index (χ0) is 30.4. The Balaban J connectivity index is 1.67. The lowest BCUT2D eigenvalue weighted by Crippen LogP contribution is -2.43. The Kier molecular flexibility index (Phi) is 10.2. The van der Waals surface area contributed by atoms with Gasteiger partial charge in [-0.3, -0.25) is 9.59 Å². The lowest BCUT2D eigenvalue weighted by atomic mass is 9.93. The fraction of sp³-hybridized carbons (Fsp3) is 0.321. The van der Waals surface area contributed by atoms with E-state index in [4.69, 9.17) is 16.3 Å². The number of halogens is 1. The quantitative estimate of drug-likeness (QED) is 0.284. The SMILES string of the molecule is COc1ccc(Cl)c(C(=O)NCCc2cccc(S(=O)(=O)NC(=O)C3=CC=C(C(=O)O)N(CC(C)(C)CO)C3)c2)c1. The van der Waals surface area contributed by atoms with Gasteiger partial charge in [0.1, 0.15) is 11.4 Å². The van der Waals surface area contributed by atoms with Crippen LogP contribution < -0.4 is 14.8 Å². The van der Waals surface area contributed by atoms with Gasteiger partial charge in [0.2, 0.25) is 0 Å². The highest BCUT2D eigenvalue weighted by Crippen LogP contribution is 2.24. The van der Waals surface area contributed by atoms with Gasteiger partial charge in [0.25, 0.3) is 21.8 Å². The van der Waals surface area contributed by atoms with E-state index in [1.165, 1.54) is 48.4 Å². The predicted molar refractivity (Wildman–Crippen MR) is 152 cm³/mol. The number of allylic oxidation sites excluding steroid dienone is 2. The summed E-state index contributed by atoms with van der Waals surface area (Å²) >= 11 is 6.11. The number of ether oxygens (including phenoxy) is 1. The standard InChI is InChI=1S/C28H32ClN3O8S/c1-28(2,17-33)16-32-15-19(7-10-24(32)27(36)37)25(34)31-41(38,39)21-6-4-5-18(13-21)11-12-30-26(35)22-14-20(40-3)8-9-23(22)29/h4-10,13-14,33H,11-12,15-17H2,1-3H3,(H,30,35)(H,31,34)(H,36,37). The minimum Gasteiger partial charge on any atom is -0.497 e. The molecule has 0 unspecified atom stereocenters. The molecule has 1 aliphatic rings. The number of nitrogens with one attached hydrogen (secondary N) is 2. The van der Waals surface area contributed by atoms with Crippen LogP contribution in [0.4, 0.5) is 0 Å². The monoisotopic (exact) mass is 605 g/mol. The number of aliphatic hydroxyl groups excluding tert-OH is 1. The van der Waals surface area contributed by atoms with E-state index in [9.17, 15) is 33.0 Å². The van der Waals surface area contributed by atoms with E-state index in [1.807, 2.05) is 4.72 Å². The van der Waals surface area contributed by atoms with Crippen LogP contribution in [0.5, 0.6) is 5.75 Å². The van der Waals surface area contributed by atoms with E-state index in [0.29, 0.717) is 17.7 Å². The average molecular weight is 606 g/mol. The number of aliphatic carboxylic acids is 1. The number of carboxylic acids is 1. The molecule has 3 rings (SSSR count). The number of hydrogen-bond donors (Lipinski definition) is 4. The van der Waals surface area contributed by atoms with Crippen molar-refractivity contribution in [3.05, 3.63) is 82.0 Å². The molecule has 0 radical (unpaired) electrons. The minimum atomic E-state index is -4.27. The molecule has 11 nitrogen and oxygen atoms in total. The van der Waals surface area contributed by atoms with Gasteiger partial charge in [-0.1, -0.05) is 37.6 Å². The number of benzene rings is 2. The van der Waals surface area contributed by atoms with Crippen LogP contribution in [0.1, 0.15) is 29.8 Å². The van der Waals surface area contributed by atoms with Crippen LogP contribution >= 0.6 is 11.6 Å². The Morgan fingerprint density at radius 1 is 1.10 bits per heavy atom. The molecule has 1 heterocycles. The van der Waals surface area contributed by atoms with Crippen molar-refractivity contribution in [3.8, 4) is 5.75 Å².